The Labute approximate surface area is 120 Å². The van der Waals surface area contributed by atoms with Crippen molar-refractivity contribution in [2.24, 2.45) is 0 Å². The van der Waals surface area contributed by atoms with Gasteiger partial charge in [-0.25, -0.2) is 4.68 Å². The number of benzene rings is 1. The molecule has 6 nitrogen and oxygen atoms in total. The number of pyridine rings is 1. The number of nitrogen functional groups attached to an aromatic ring is 1. The Hall–Kier alpha value is -3.15. The number of aromatic amines is 1. The van der Waals surface area contributed by atoms with E-state index in [4.69, 9.17) is 5.73 Å². The first-order valence-electron chi connectivity index (χ1n) is 6.53. The topological polar surface area (TPSA) is 85.4 Å². The summed E-state index contributed by atoms with van der Waals surface area (Å²) >= 11 is 0. The second-order valence-corrected chi connectivity index (χ2v) is 4.67. The Kier molecular flexibility index (Phi) is 2.47. The van der Waals surface area contributed by atoms with E-state index in [1.807, 2.05) is 42.5 Å². The van der Waals surface area contributed by atoms with Crippen LogP contribution in [0.25, 0.3) is 28.0 Å². The van der Waals surface area contributed by atoms with Crippen LogP contribution >= 0.6 is 0 Å². The lowest BCUT2D eigenvalue weighted by molar-refractivity contribution is 0.885. The molecule has 3 aromatic heterocycles. The summed E-state index contributed by atoms with van der Waals surface area (Å²) in [4.78, 5) is 4.03. The number of anilines is 1. The van der Waals surface area contributed by atoms with Gasteiger partial charge >= 0.3 is 0 Å². The minimum Gasteiger partial charge on any atom is -0.383 e. The first-order valence-corrected chi connectivity index (χ1v) is 6.53. The van der Waals surface area contributed by atoms with E-state index in [0.717, 1.165) is 22.3 Å². The standard InChI is InChI=1S/C15H12N6/c16-14-12-13(10-4-2-1-3-5-10)20-21(15(12)19-18-14)11-6-8-17-9-7-11/h1-9H,(H3,16,18,19). The second-order valence-electron chi connectivity index (χ2n) is 4.67. The predicted octanol–water partition coefficient (Wildman–Crippen LogP) is 2.39. The van der Waals surface area contributed by atoms with Crippen molar-refractivity contribution in [3.8, 4) is 16.9 Å². The molecule has 21 heavy (non-hydrogen) atoms. The van der Waals surface area contributed by atoms with Crippen LogP contribution in [0.1, 0.15) is 0 Å². The van der Waals surface area contributed by atoms with Gasteiger partial charge in [-0.3, -0.25) is 10.1 Å². The third-order valence-corrected chi connectivity index (χ3v) is 3.37. The summed E-state index contributed by atoms with van der Waals surface area (Å²) in [6, 6.07) is 13.7. The molecule has 3 heterocycles. The van der Waals surface area contributed by atoms with Crippen LogP contribution in [0.15, 0.2) is 54.9 Å². The van der Waals surface area contributed by atoms with Crippen molar-refractivity contribution in [2.75, 3.05) is 5.73 Å². The van der Waals surface area contributed by atoms with Crippen LogP contribution in [0.4, 0.5) is 5.82 Å². The maximum absolute atomic E-state index is 6.02. The summed E-state index contributed by atoms with van der Waals surface area (Å²) in [6.07, 6.45) is 3.45. The van der Waals surface area contributed by atoms with Gasteiger partial charge in [0.25, 0.3) is 0 Å². The fraction of sp³-hybridized carbons (Fsp3) is 0. The molecular weight excluding hydrogens is 264 g/mol. The molecule has 0 spiro atoms. The molecule has 102 valence electrons. The second kappa shape index (κ2) is 4.45. The first-order chi connectivity index (χ1) is 10.3. The van der Waals surface area contributed by atoms with Crippen molar-refractivity contribution in [1.29, 1.82) is 0 Å². The molecule has 0 unspecified atom stereocenters. The van der Waals surface area contributed by atoms with Gasteiger partial charge in [-0.05, 0) is 12.1 Å². The van der Waals surface area contributed by atoms with Gasteiger partial charge in [-0.15, -0.1) is 0 Å². The first kappa shape index (κ1) is 11.7. The van der Waals surface area contributed by atoms with Crippen molar-refractivity contribution < 1.29 is 0 Å². The molecule has 0 saturated carbocycles. The van der Waals surface area contributed by atoms with Crippen molar-refractivity contribution in [1.82, 2.24) is 25.0 Å². The number of nitrogens with zero attached hydrogens (tertiary/aromatic N) is 4. The molecule has 0 radical (unpaired) electrons. The molecule has 0 saturated heterocycles. The Morgan fingerprint density at radius 3 is 2.52 bits per heavy atom. The number of hydrogen-bond acceptors (Lipinski definition) is 4. The van der Waals surface area contributed by atoms with E-state index in [9.17, 15) is 0 Å². The average molecular weight is 276 g/mol. The summed E-state index contributed by atoms with van der Waals surface area (Å²) in [5.41, 5.74) is 9.44. The predicted molar refractivity (Wildman–Crippen MR) is 80.9 cm³/mol. The van der Waals surface area contributed by atoms with Crippen LogP contribution in [-0.4, -0.2) is 25.0 Å². The Bertz CT molecular complexity index is 892. The van der Waals surface area contributed by atoms with Gasteiger partial charge in [-0.2, -0.15) is 10.2 Å². The summed E-state index contributed by atoms with van der Waals surface area (Å²) in [7, 11) is 0. The Morgan fingerprint density at radius 1 is 1.00 bits per heavy atom. The van der Waals surface area contributed by atoms with Crippen LogP contribution in [0.3, 0.4) is 0 Å². The van der Waals surface area contributed by atoms with Gasteiger partial charge in [0.2, 0.25) is 0 Å². The van der Waals surface area contributed by atoms with Crippen LogP contribution < -0.4 is 5.73 Å². The lowest BCUT2D eigenvalue weighted by atomic mass is 10.1. The lowest BCUT2D eigenvalue weighted by Gasteiger charge is -2.00. The highest BCUT2D eigenvalue weighted by molar-refractivity contribution is 5.99. The molecule has 1 aromatic carbocycles. The minimum absolute atomic E-state index is 0.518. The zero-order chi connectivity index (χ0) is 14.2. The summed E-state index contributed by atoms with van der Waals surface area (Å²) in [5.74, 6) is 0.518. The van der Waals surface area contributed by atoms with Gasteiger partial charge in [0.05, 0.1) is 11.1 Å². The van der Waals surface area contributed by atoms with Crippen LogP contribution in [0.2, 0.25) is 0 Å². The number of nitrogens with two attached hydrogens (primary N) is 1. The Balaban J connectivity index is 2.03. The van der Waals surface area contributed by atoms with Crippen molar-refractivity contribution in [3.05, 3.63) is 54.9 Å². The molecule has 3 N–H and O–H groups in total. The molecule has 0 amide bonds. The summed E-state index contributed by atoms with van der Waals surface area (Å²) in [5, 5.41) is 12.6. The van der Waals surface area contributed by atoms with E-state index in [1.165, 1.54) is 0 Å². The lowest BCUT2D eigenvalue weighted by Crippen LogP contribution is -1.97. The fourth-order valence-electron chi connectivity index (χ4n) is 2.39. The summed E-state index contributed by atoms with van der Waals surface area (Å²) < 4.78 is 1.77. The smallest absolute Gasteiger partial charge is 0.187 e. The molecule has 6 heteroatoms. The highest BCUT2D eigenvalue weighted by atomic mass is 15.4. The number of aromatic nitrogens is 5. The summed E-state index contributed by atoms with van der Waals surface area (Å²) in [6.45, 7) is 0. The molecule has 0 aliphatic heterocycles. The van der Waals surface area contributed by atoms with E-state index < -0.39 is 0 Å². The SMILES string of the molecule is Nc1[nH]nc2c1c(-c1ccccc1)nn2-c1ccncc1. The van der Waals surface area contributed by atoms with Gasteiger partial charge < -0.3 is 5.73 Å². The molecule has 0 aliphatic rings. The molecule has 4 aromatic rings. The molecule has 4 rings (SSSR count). The highest BCUT2D eigenvalue weighted by Gasteiger charge is 2.18. The Morgan fingerprint density at radius 2 is 1.76 bits per heavy atom. The molecule has 0 fully saturated rings. The van der Waals surface area contributed by atoms with Gasteiger partial charge in [0, 0.05) is 18.0 Å². The van der Waals surface area contributed by atoms with Crippen molar-refractivity contribution in [3.63, 3.8) is 0 Å². The largest absolute Gasteiger partial charge is 0.383 e. The minimum atomic E-state index is 0.518. The molecule has 0 aliphatic carbocycles. The maximum Gasteiger partial charge on any atom is 0.187 e. The monoisotopic (exact) mass is 276 g/mol. The number of H-pyrrole nitrogens is 1. The molecule has 0 atom stereocenters. The number of rotatable bonds is 2. The van der Waals surface area contributed by atoms with Crippen LogP contribution in [0.5, 0.6) is 0 Å². The third kappa shape index (κ3) is 1.77. The quantitative estimate of drug-likeness (QED) is 0.588. The zero-order valence-corrected chi connectivity index (χ0v) is 11.1. The number of hydrogen-bond donors (Lipinski definition) is 2. The number of nitrogens with one attached hydrogen (secondary N) is 1. The maximum atomic E-state index is 6.02. The van der Waals surface area contributed by atoms with E-state index >= 15 is 0 Å². The fourth-order valence-corrected chi connectivity index (χ4v) is 2.39. The third-order valence-electron chi connectivity index (χ3n) is 3.37. The highest BCUT2D eigenvalue weighted by Crippen LogP contribution is 2.31. The van der Waals surface area contributed by atoms with Crippen LogP contribution in [-0.2, 0) is 0 Å². The van der Waals surface area contributed by atoms with Gasteiger partial charge in [0.1, 0.15) is 11.5 Å². The normalized spacial score (nSPS) is 11.0. The molecular formula is C15H12N6. The van der Waals surface area contributed by atoms with E-state index in [1.54, 1.807) is 17.1 Å². The van der Waals surface area contributed by atoms with Crippen molar-refractivity contribution in [2.45, 2.75) is 0 Å². The van der Waals surface area contributed by atoms with E-state index in [2.05, 4.69) is 20.3 Å². The zero-order valence-electron chi connectivity index (χ0n) is 11.1. The van der Waals surface area contributed by atoms with Crippen molar-refractivity contribution >= 4 is 16.9 Å². The molecule has 0 bridgehead atoms. The average Bonchev–Trinajstić information content (AvgIpc) is 3.10. The van der Waals surface area contributed by atoms with E-state index in [-0.39, 0.29) is 0 Å². The van der Waals surface area contributed by atoms with Gasteiger partial charge in [0.15, 0.2) is 5.65 Å². The van der Waals surface area contributed by atoms with Crippen LogP contribution in [0, 0.1) is 0 Å². The number of fused-ring (bicyclic) bond motifs is 1. The van der Waals surface area contributed by atoms with E-state index in [0.29, 0.717) is 11.5 Å². The van der Waals surface area contributed by atoms with Gasteiger partial charge in [-0.1, -0.05) is 30.3 Å².